The van der Waals surface area contributed by atoms with Crippen molar-refractivity contribution in [3.63, 3.8) is 0 Å². The van der Waals surface area contributed by atoms with Gasteiger partial charge in [0.25, 0.3) is 0 Å². The molecule has 1 fully saturated rings. The molecular formula is C25H28BrNO. The second-order valence-electron chi connectivity index (χ2n) is 7.83. The Balaban J connectivity index is 1.31. The highest BCUT2D eigenvalue weighted by Gasteiger charge is 2.20. The number of rotatable bonds is 6. The summed E-state index contributed by atoms with van der Waals surface area (Å²) in [6, 6.07) is 21.7. The molecule has 0 N–H and O–H groups in total. The molecular weight excluding hydrogens is 410 g/mol. The van der Waals surface area contributed by atoms with Crippen LogP contribution >= 0.6 is 15.9 Å². The van der Waals surface area contributed by atoms with E-state index in [0.29, 0.717) is 0 Å². The zero-order valence-corrected chi connectivity index (χ0v) is 18.1. The van der Waals surface area contributed by atoms with Crippen LogP contribution in [-0.2, 0) is 12.8 Å². The highest BCUT2D eigenvalue weighted by atomic mass is 79.9. The van der Waals surface area contributed by atoms with E-state index in [-0.39, 0.29) is 0 Å². The molecule has 0 bridgehead atoms. The molecule has 0 aliphatic carbocycles. The van der Waals surface area contributed by atoms with Crippen molar-refractivity contribution >= 4 is 26.7 Å². The van der Waals surface area contributed by atoms with Gasteiger partial charge in [0.05, 0.1) is 7.11 Å². The predicted octanol–water partition coefficient (Wildman–Crippen LogP) is 6.11. The fraction of sp³-hybridized carbons (Fsp3) is 0.360. The average Bonchev–Trinajstić information content (AvgIpc) is 2.75. The zero-order chi connectivity index (χ0) is 19.3. The first-order chi connectivity index (χ1) is 13.7. The van der Waals surface area contributed by atoms with Crippen molar-refractivity contribution in [1.82, 2.24) is 4.90 Å². The summed E-state index contributed by atoms with van der Waals surface area (Å²) in [4.78, 5) is 2.64. The first kappa shape index (κ1) is 19.5. The molecule has 0 spiro atoms. The van der Waals surface area contributed by atoms with Gasteiger partial charge in [0.2, 0.25) is 0 Å². The molecule has 28 heavy (non-hydrogen) atoms. The maximum Gasteiger partial charge on any atom is 0.119 e. The van der Waals surface area contributed by atoms with Gasteiger partial charge in [-0.1, -0.05) is 58.4 Å². The number of ether oxygens (including phenoxy) is 1. The summed E-state index contributed by atoms with van der Waals surface area (Å²) in [5.74, 6) is 1.71. The Hall–Kier alpha value is -1.84. The van der Waals surface area contributed by atoms with Crippen molar-refractivity contribution < 1.29 is 4.74 Å². The number of benzene rings is 3. The van der Waals surface area contributed by atoms with Crippen LogP contribution in [0, 0.1) is 5.92 Å². The number of fused-ring (bicyclic) bond motifs is 1. The lowest BCUT2D eigenvalue weighted by atomic mass is 9.90. The van der Waals surface area contributed by atoms with E-state index in [9.17, 15) is 0 Å². The van der Waals surface area contributed by atoms with E-state index in [1.807, 2.05) is 6.07 Å². The van der Waals surface area contributed by atoms with Crippen LogP contribution in [0.4, 0.5) is 0 Å². The fourth-order valence-corrected chi connectivity index (χ4v) is 4.76. The van der Waals surface area contributed by atoms with Crippen LogP contribution in [0.3, 0.4) is 0 Å². The molecule has 0 saturated carbocycles. The molecule has 2 nitrogen and oxygen atoms in total. The van der Waals surface area contributed by atoms with Crippen molar-refractivity contribution in [2.45, 2.75) is 25.7 Å². The van der Waals surface area contributed by atoms with Crippen LogP contribution in [0.1, 0.15) is 24.0 Å². The van der Waals surface area contributed by atoms with E-state index in [4.69, 9.17) is 4.74 Å². The summed E-state index contributed by atoms with van der Waals surface area (Å²) in [5, 5.41) is 2.75. The monoisotopic (exact) mass is 437 g/mol. The lowest BCUT2D eigenvalue weighted by Crippen LogP contribution is -2.35. The summed E-state index contributed by atoms with van der Waals surface area (Å²) < 4.78 is 6.59. The van der Waals surface area contributed by atoms with E-state index >= 15 is 0 Å². The maximum absolute atomic E-state index is 5.39. The van der Waals surface area contributed by atoms with Crippen molar-refractivity contribution in [1.29, 1.82) is 0 Å². The molecule has 0 unspecified atom stereocenters. The number of hydrogen-bond donors (Lipinski definition) is 0. The van der Waals surface area contributed by atoms with E-state index < -0.39 is 0 Å². The quantitative estimate of drug-likeness (QED) is 0.461. The Morgan fingerprint density at radius 3 is 2.57 bits per heavy atom. The Bertz CT molecular complexity index is 925. The highest BCUT2D eigenvalue weighted by molar-refractivity contribution is 9.10. The van der Waals surface area contributed by atoms with Gasteiger partial charge in [0, 0.05) is 11.0 Å². The molecule has 1 aliphatic heterocycles. The third-order valence-electron chi connectivity index (χ3n) is 6.05. The number of piperidine rings is 1. The lowest BCUT2D eigenvalue weighted by Gasteiger charge is -2.32. The van der Waals surface area contributed by atoms with Gasteiger partial charge in [0.1, 0.15) is 5.75 Å². The second-order valence-corrected chi connectivity index (χ2v) is 8.69. The second kappa shape index (κ2) is 9.11. The maximum atomic E-state index is 5.39. The minimum Gasteiger partial charge on any atom is -0.497 e. The van der Waals surface area contributed by atoms with E-state index in [1.54, 1.807) is 7.11 Å². The number of nitrogens with zero attached hydrogens (tertiary/aromatic N) is 1. The molecule has 4 rings (SSSR count). The van der Waals surface area contributed by atoms with Gasteiger partial charge in [-0.05, 0) is 84.8 Å². The average molecular weight is 438 g/mol. The van der Waals surface area contributed by atoms with Crippen LogP contribution in [0.15, 0.2) is 65.1 Å². The molecule has 3 aromatic rings. The topological polar surface area (TPSA) is 12.5 Å². The normalized spacial score (nSPS) is 15.8. The Kier molecular flexibility index (Phi) is 6.33. The minimum atomic E-state index is 0.761. The molecule has 0 radical (unpaired) electrons. The molecule has 1 saturated heterocycles. The van der Waals surface area contributed by atoms with Crippen LogP contribution in [-0.4, -0.2) is 31.6 Å². The number of likely N-dealkylation sites (tertiary alicyclic amines) is 1. The smallest absolute Gasteiger partial charge is 0.119 e. The van der Waals surface area contributed by atoms with E-state index in [0.717, 1.165) is 31.1 Å². The standard InChI is InChI=1S/C25H28BrNO/c1-28-23-9-10-25(26)22(18-23)17-19-11-14-27(15-12-19)16-13-21-7-4-6-20-5-2-3-8-24(20)21/h2-10,18-19H,11-17H2,1H3. The Morgan fingerprint density at radius 1 is 0.964 bits per heavy atom. The van der Waals surface area contributed by atoms with E-state index in [1.165, 1.54) is 52.3 Å². The molecule has 0 aromatic heterocycles. The summed E-state index contributed by atoms with van der Waals surface area (Å²) >= 11 is 3.70. The molecule has 0 amide bonds. The molecule has 3 heteroatoms. The van der Waals surface area contributed by atoms with Crippen molar-refractivity contribution in [3.05, 3.63) is 76.3 Å². The Labute approximate surface area is 176 Å². The Morgan fingerprint density at radius 2 is 1.75 bits per heavy atom. The van der Waals surface area contributed by atoms with Gasteiger partial charge in [-0.3, -0.25) is 0 Å². The molecule has 3 aromatic carbocycles. The summed E-state index contributed by atoms with van der Waals surface area (Å²) in [6.07, 6.45) is 4.82. The summed E-state index contributed by atoms with van der Waals surface area (Å²) in [5.41, 5.74) is 2.84. The summed E-state index contributed by atoms with van der Waals surface area (Å²) in [6.45, 7) is 3.57. The first-order valence-corrected chi connectivity index (χ1v) is 11.0. The zero-order valence-electron chi connectivity index (χ0n) is 16.5. The molecule has 146 valence electrons. The van der Waals surface area contributed by atoms with Crippen LogP contribution < -0.4 is 4.74 Å². The summed E-state index contributed by atoms with van der Waals surface area (Å²) in [7, 11) is 1.74. The highest BCUT2D eigenvalue weighted by Crippen LogP contribution is 2.29. The van der Waals surface area contributed by atoms with Crippen molar-refractivity contribution in [2.24, 2.45) is 5.92 Å². The van der Waals surface area contributed by atoms with Crippen molar-refractivity contribution in [3.8, 4) is 5.75 Å². The van der Waals surface area contributed by atoms with Gasteiger partial charge in [-0.2, -0.15) is 0 Å². The molecule has 0 atom stereocenters. The van der Waals surface area contributed by atoms with Gasteiger partial charge >= 0.3 is 0 Å². The number of methoxy groups -OCH3 is 1. The largest absolute Gasteiger partial charge is 0.497 e. The lowest BCUT2D eigenvalue weighted by molar-refractivity contribution is 0.186. The van der Waals surface area contributed by atoms with Crippen LogP contribution in [0.25, 0.3) is 10.8 Å². The van der Waals surface area contributed by atoms with Gasteiger partial charge in [0.15, 0.2) is 0 Å². The number of hydrogen-bond acceptors (Lipinski definition) is 2. The van der Waals surface area contributed by atoms with E-state index in [2.05, 4.69) is 75.4 Å². The third kappa shape index (κ3) is 4.59. The van der Waals surface area contributed by atoms with Gasteiger partial charge < -0.3 is 9.64 Å². The van der Waals surface area contributed by atoms with Crippen molar-refractivity contribution in [2.75, 3.05) is 26.7 Å². The predicted molar refractivity (Wildman–Crippen MR) is 121 cm³/mol. The van der Waals surface area contributed by atoms with Gasteiger partial charge in [-0.15, -0.1) is 0 Å². The number of halogens is 1. The fourth-order valence-electron chi connectivity index (χ4n) is 4.35. The minimum absolute atomic E-state index is 0.761. The molecule has 1 aliphatic rings. The third-order valence-corrected chi connectivity index (χ3v) is 6.82. The van der Waals surface area contributed by atoms with Crippen LogP contribution in [0.5, 0.6) is 5.75 Å². The SMILES string of the molecule is COc1ccc(Br)c(CC2CCN(CCc3cccc4ccccc34)CC2)c1. The van der Waals surface area contributed by atoms with Gasteiger partial charge in [-0.25, -0.2) is 0 Å². The van der Waals surface area contributed by atoms with Crippen LogP contribution in [0.2, 0.25) is 0 Å². The molecule has 1 heterocycles. The first-order valence-electron chi connectivity index (χ1n) is 10.2.